The lowest BCUT2D eigenvalue weighted by Crippen LogP contribution is -2.61. The number of carboxylic acid groups (broad SMARTS) is 1. The van der Waals surface area contributed by atoms with E-state index < -0.39 is 59.7 Å². The maximum Gasteiger partial charge on any atom is 0.326 e. The Hall–Kier alpha value is -3.99. The molecular formula is C41H65N5O8. The normalized spacial score (nSPS) is 20.2. The summed E-state index contributed by atoms with van der Waals surface area (Å²) in [6.45, 7) is 13.8. The molecule has 1 heterocycles. The molecule has 1 aliphatic rings. The van der Waals surface area contributed by atoms with Crippen LogP contribution >= 0.6 is 0 Å². The van der Waals surface area contributed by atoms with Crippen LogP contribution in [0.25, 0.3) is 0 Å². The molecule has 54 heavy (non-hydrogen) atoms. The Morgan fingerprint density at radius 1 is 0.981 bits per heavy atom. The number of nitrogens with one attached hydrogen (secondary N) is 3. The number of carbonyl (C=O) groups is 5. The summed E-state index contributed by atoms with van der Waals surface area (Å²) in [7, 11) is 6.34. The lowest BCUT2D eigenvalue weighted by atomic mass is 9.82. The minimum absolute atomic E-state index is 0.00737. The average molecular weight is 756 g/mol. The number of ether oxygens (including phenoxy) is 2. The van der Waals surface area contributed by atoms with Crippen molar-refractivity contribution < 1.29 is 38.6 Å². The highest BCUT2D eigenvalue weighted by Gasteiger charge is 2.51. The van der Waals surface area contributed by atoms with Crippen LogP contribution in [0.2, 0.25) is 0 Å². The van der Waals surface area contributed by atoms with Crippen LogP contribution in [-0.4, -0.2) is 121 Å². The summed E-state index contributed by atoms with van der Waals surface area (Å²) < 4.78 is 11.9. The van der Waals surface area contributed by atoms with E-state index in [9.17, 15) is 29.1 Å². The fourth-order valence-electron chi connectivity index (χ4n) is 7.81. The van der Waals surface area contributed by atoms with Gasteiger partial charge in [-0.2, -0.15) is 0 Å². The number of hydrogen-bond donors (Lipinski definition) is 4. The summed E-state index contributed by atoms with van der Waals surface area (Å²) >= 11 is 0. The van der Waals surface area contributed by atoms with Crippen LogP contribution in [-0.2, 0) is 39.9 Å². The van der Waals surface area contributed by atoms with Crippen LogP contribution in [0.15, 0.2) is 30.3 Å². The summed E-state index contributed by atoms with van der Waals surface area (Å²) in [6, 6.07) is 5.93. The van der Waals surface area contributed by atoms with Crippen LogP contribution < -0.4 is 16.0 Å². The summed E-state index contributed by atoms with van der Waals surface area (Å²) in [5, 5.41) is 18.5. The number of carbonyl (C=O) groups excluding carboxylic acids is 4. The third kappa shape index (κ3) is 11.3. The Kier molecular flexibility index (Phi) is 18.1. The highest BCUT2D eigenvalue weighted by atomic mass is 16.5. The number of terminal acetylenes is 1. The number of rotatable bonds is 21. The summed E-state index contributed by atoms with van der Waals surface area (Å²) in [5.74, 6) is -1.65. The number of aliphatic carboxylic acids is 1. The van der Waals surface area contributed by atoms with Crippen LogP contribution in [0, 0.1) is 36.0 Å². The molecule has 0 saturated carbocycles. The van der Waals surface area contributed by atoms with Gasteiger partial charge in [-0.1, -0.05) is 84.2 Å². The molecule has 0 bridgehead atoms. The van der Waals surface area contributed by atoms with Crippen molar-refractivity contribution in [1.29, 1.82) is 0 Å². The molecule has 0 aromatic heterocycles. The molecule has 1 saturated heterocycles. The van der Waals surface area contributed by atoms with Gasteiger partial charge in [-0.25, -0.2) is 4.79 Å². The van der Waals surface area contributed by atoms with E-state index in [1.165, 1.54) is 14.2 Å². The van der Waals surface area contributed by atoms with Crippen molar-refractivity contribution in [2.24, 2.45) is 23.7 Å². The van der Waals surface area contributed by atoms with E-state index in [4.69, 9.17) is 15.9 Å². The van der Waals surface area contributed by atoms with E-state index >= 15 is 0 Å². The van der Waals surface area contributed by atoms with Crippen molar-refractivity contribution in [1.82, 2.24) is 25.8 Å². The molecule has 1 aromatic carbocycles. The van der Waals surface area contributed by atoms with Gasteiger partial charge in [0.05, 0.1) is 30.1 Å². The van der Waals surface area contributed by atoms with Gasteiger partial charge < -0.3 is 40.3 Å². The van der Waals surface area contributed by atoms with E-state index in [-0.39, 0.29) is 48.3 Å². The third-order valence-electron chi connectivity index (χ3n) is 11.1. The topological polar surface area (TPSA) is 167 Å². The smallest absolute Gasteiger partial charge is 0.326 e. The second-order valence-corrected chi connectivity index (χ2v) is 15.4. The Labute approximate surface area is 322 Å². The molecule has 0 radical (unpaired) electrons. The minimum atomic E-state index is -1.23. The SMILES string of the molecule is C#C[C@@H](C(=O)N[C@@H](Cc1ccccc1)C(=O)O)[C@@H](OC)[C@]1(C)CCCN1C(=O)C[C@@H](OC)[C@H]([C@@H](C)CC)N(C)C(=O)[C@@H](NC(=O)[C@@H](NC)C(C)C)C(C)C. The monoisotopic (exact) mass is 755 g/mol. The zero-order chi connectivity index (χ0) is 40.9. The largest absolute Gasteiger partial charge is 0.480 e. The van der Waals surface area contributed by atoms with E-state index in [1.807, 2.05) is 54.5 Å². The molecule has 13 nitrogen and oxygen atoms in total. The molecule has 0 spiro atoms. The summed E-state index contributed by atoms with van der Waals surface area (Å²) in [6.07, 6.45) is 6.06. The Morgan fingerprint density at radius 2 is 1.59 bits per heavy atom. The lowest BCUT2D eigenvalue weighted by Gasteiger charge is -2.44. The Bertz CT molecular complexity index is 1450. The molecule has 0 aliphatic carbocycles. The standard InChI is InChI=1S/C41H65N5O8/c1-13-27(7)35(45(10)39(50)34(26(5)6)44-38(49)33(42-9)25(3)4)31(53-11)24-32(47)46-22-18-21-41(46,8)36(54-12)29(14-2)37(48)43-30(40(51)52)23-28-19-16-15-17-20-28/h2,15-17,19-20,25-27,29-31,33-36,42H,13,18,21-24H2,1,3-12H3,(H,43,48)(H,44,49)(H,51,52)/t27-,29+,30-,31+,33-,34-,35-,36+,41-/m0/s1. The van der Waals surface area contributed by atoms with Crippen molar-refractivity contribution in [2.45, 2.75) is 122 Å². The van der Waals surface area contributed by atoms with Crippen LogP contribution in [0.5, 0.6) is 0 Å². The molecular weight excluding hydrogens is 690 g/mol. The number of carboxylic acids is 1. The first-order valence-electron chi connectivity index (χ1n) is 19.1. The van der Waals surface area contributed by atoms with Gasteiger partial charge in [-0.15, -0.1) is 6.42 Å². The van der Waals surface area contributed by atoms with Crippen molar-refractivity contribution in [3.8, 4) is 12.3 Å². The summed E-state index contributed by atoms with van der Waals surface area (Å²) in [5.41, 5.74) is -0.281. The predicted octanol–water partition coefficient (Wildman–Crippen LogP) is 3.11. The number of nitrogens with zero attached hydrogens (tertiary/aromatic N) is 2. The number of likely N-dealkylation sites (tertiary alicyclic amines) is 1. The first-order chi connectivity index (χ1) is 25.4. The van der Waals surface area contributed by atoms with Gasteiger partial charge in [0, 0.05) is 34.2 Å². The van der Waals surface area contributed by atoms with E-state index in [1.54, 1.807) is 48.2 Å². The van der Waals surface area contributed by atoms with Crippen molar-refractivity contribution in [2.75, 3.05) is 34.9 Å². The highest BCUT2D eigenvalue weighted by molar-refractivity contribution is 5.90. The predicted molar refractivity (Wildman–Crippen MR) is 208 cm³/mol. The maximum atomic E-state index is 14.4. The fourth-order valence-corrected chi connectivity index (χ4v) is 7.81. The quantitative estimate of drug-likeness (QED) is 0.138. The molecule has 1 aliphatic heterocycles. The van der Waals surface area contributed by atoms with Crippen LogP contribution in [0.4, 0.5) is 0 Å². The first kappa shape index (κ1) is 46.2. The molecule has 302 valence electrons. The van der Waals surface area contributed by atoms with Crippen molar-refractivity contribution >= 4 is 29.6 Å². The maximum absolute atomic E-state index is 14.4. The molecule has 4 N–H and O–H groups in total. The minimum Gasteiger partial charge on any atom is -0.480 e. The number of amides is 4. The van der Waals surface area contributed by atoms with Gasteiger partial charge in [0.25, 0.3) is 0 Å². The number of benzene rings is 1. The number of hydrogen-bond acceptors (Lipinski definition) is 8. The molecule has 13 heteroatoms. The van der Waals surface area contributed by atoms with Crippen LogP contribution in [0.1, 0.15) is 79.7 Å². The molecule has 9 atom stereocenters. The molecule has 1 aromatic rings. The number of likely N-dealkylation sites (N-methyl/N-ethyl adjacent to an activating group) is 2. The van der Waals surface area contributed by atoms with Gasteiger partial charge in [-0.05, 0) is 50.1 Å². The molecule has 4 amide bonds. The van der Waals surface area contributed by atoms with Gasteiger partial charge in [0.2, 0.25) is 23.6 Å². The van der Waals surface area contributed by atoms with E-state index in [2.05, 4.69) is 21.9 Å². The Balaban J connectivity index is 2.37. The van der Waals surface area contributed by atoms with Gasteiger partial charge >= 0.3 is 5.97 Å². The highest BCUT2D eigenvalue weighted by Crippen LogP contribution is 2.38. The molecule has 0 unspecified atom stereocenters. The zero-order valence-electron chi connectivity index (χ0n) is 34.2. The second kappa shape index (κ2) is 21.2. The van der Waals surface area contributed by atoms with Gasteiger partial charge in [-0.3, -0.25) is 19.2 Å². The molecule has 1 fully saturated rings. The van der Waals surface area contributed by atoms with Crippen molar-refractivity contribution in [3.63, 3.8) is 0 Å². The average Bonchev–Trinajstić information content (AvgIpc) is 3.53. The number of methoxy groups -OCH3 is 2. The van der Waals surface area contributed by atoms with Crippen molar-refractivity contribution in [3.05, 3.63) is 35.9 Å². The zero-order valence-corrected chi connectivity index (χ0v) is 34.2. The lowest BCUT2D eigenvalue weighted by molar-refractivity contribution is -0.152. The Morgan fingerprint density at radius 3 is 2.07 bits per heavy atom. The molecule has 2 rings (SSSR count). The fraction of sp³-hybridized carbons (Fsp3) is 0.683. The van der Waals surface area contributed by atoms with Gasteiger partial charge in [0.15, 0.2) is 0 Å². The van der Waals surface area contributed by atoms with Crippen LogP contribution in [0.3, 0.4) is 0 Å². The third-order valence-corrected chi connectivity index (χ3v) is 11.1. The summed E-state index contributed by atoms with van der Waals surface area (Å²) in [4.78, 5) is 70.9. The van der Waals surface area contributed by atoms with Gasteiger partial charge in [0.1, 0.15) is 24.1 Å². The second-order valence-electron chi connectivity index (χ2n) is 15.4. The first-order valence-corrected chi connectivity index (χ1v) is 19.1. The van der Waals surface area contributed by atoms with E-state index in [0.29, 0.717) is 25.8 Å². The van der Waals surface area contributed by atoms with E-state index in [0.717, 1.165) is 5.56 Å².